The Hall–Kier alpha value is -4.55. The smallest absolute Gasteiger partial charge is 0.339 e. The van der Waals surface area contributed by atoms with E-state index in [-0.39, 0.29) is 32.2 Å². The number of ketones is 1. The third kappa shape index (κ3) is 6.67. The predicted octanol–water partition coefficient (Wildman–Crippen LogP) is 6.61. The highest BCUT2D eigenvalue weighted by Gasteiger charge is 2.30. The van der Waals surface area contributed by atoms with Gasteiger partial charge >= 0.3 is 11.9 Å². The van der Waals surface area contributed by atoms with Crippen LogP contribution < -0.4 is 0 Å². The highest BCUT2D eigenvalue weighted by Crippen LogP contribution is 2.44. The zero-order valence-corrected chi connectivity index (χ0v) is 23.9. The van der Waals surface area contributed by atoms with E-state index in [2.05, 4.69) is 24.3 Å². The number of Topliss-reactive ketones (excluding diaryl/α,β-unsaturated/α-hetero) is 1. The molecule has 5 rings (SSSR count). The summed E-state index contributed by atoms with van der Waals surface area (Å²) in [5.74, 6) is -2.36. The van der Waals surface area contributed by atoms with E-state index in [0.717, 1.165) is 38.9 Å². The first-order valence-electron chi connectivity index (χ1n) is 14.1. The Balaban J connectivity index is 1.23. The number of ether oxygens (including phenoxy) is 3. The van der Waals surface area contributed by atoms with Crippen molar-refractivity contribution in [2.24, 2.45) is 5.92 Å². The van der Waals surface area contributed by atoms with Crippen molar-refractivity contribution in [3.05, 3.63) is 130 Å². The van der Waals surface area contributed by atoms with E-state index in [4.69, 9.17) is 14.2 Å². The number of carbonyl (C=O) groups excluding carboxylic acids is 3. The van der Waals surface area contributed by atoms with Crippen LogP contribution >= 0.6 is 0 Å². The Labute approximate surface area is 246 Å². The van der Waals surface area contributed by atoms with Gasteiger partial charge in [0.2, 0.25) is 0 Å². The molecule has 1 atom stereocenters. The highest BCUT2D eigenvalue weighted by molar-refractivity contribution is 5.95. The fraction of sp³-hybridized carbons (Fsp3) is 0.250. The van der Waals surface area contributed by atoms with Crippen LogP contribution in [0.4, 0.5) is 0 Å². The fourth-order valence-corrected chi connectivity index (χ4v) is 5.50. The second kappa shape index (κ2) is 13.4. The second-order valence-corrected chi connectivity index (χ2v) is 10.6. The van der Waals surface area contributed by atoms with Gasteiger partial charge in [-0.15, -0.1) is 0 Å². The molecule has 6 heteroatoms. The maximum absolute atomic E-state index is 13.2. The predicted molar refractivity (Wildman–Crippen MR) is 160 cm³/mol. The normalized spacial score (nSPS) is 12.7. The van der Waals surface area contributed by atoms with Crippen molar-refractivity contribution in [1.29, 1.82) is 0 Å². The molecule has 0 spiro atoms. The molecule has 0 bridgehead atoms. The number of aryl methyl sites for hydroxylation is 2. The molecular formula is C36H34O6. The molecule has 4 aromatic carbocycles. The zero-order valence-electron chi connectivity index (χ0n) is 23.9. The van der Waals surface area contributed by atoms with Crippen molar-refractivity contribution in [2.75, 3.05) is 19.8 Å². The van der Waals surface area contributed by atoms with Gasteiger partial charge in [-0.3, -0.25) is 9.59 Å². The summed E-state index contributed by atoms with van der Waals surface area (Å²) >= 11 is 0. The maximum atomic E-state index is 13.2. The van der Waals surface area contributed by atoms with Gasteiger partial charge in [0.25, 0.3) is 0 Å². The first-order chi connectivity index (χ1) is 20.4. The lowest BCUT2D eigenvalue weighted by atomic mass is 9.98. The van der Waals surface area contributed by atoms with Gasteiger partial charge < -0.3 is 14.2 Å². The number of carbonyl (C=O) groups is 3. The van der Waals surface area contributed by atoms with E-state index in [1.165, 1.54) is 0 Å². The van der Waals surface area contributed by atoms with Crippen molar-refractivity contribution in [1.82, 2.24) is 0 Å². The molecule has 0 fully saturated rings. The van der Waals surface area contributed by atoms with Crippen LogP contribution in [0.2, 0.25) is 0 Å². The lowest BCUT2D eigenvalue weighted by Gasteiger charge is -2.18. The molecule has 0 saturated carbocycles. The van der Waals surface area contributed by atoms with Crippen LogP contribution in [-0.4, -0.2) is 37.5 Å². The first-order valence-corrected chi connectivity index (χ1v) is 14.1. The van der Waals surface area contributed by atoms with Crippen LogP contribution in [0.3, 0.4) is 0 Å². The van der Waals surface area contributed by atoms with E-state index >= 15 is 0 Å². The molecule has 0 N–H and O–H groups in total. The minimum atomic E-state index is -0.824. The molecule has 0 heterocycles. The van der Waals surface area contributed by atoms with Gasteiger partial charge in [-0.25, -0.2) is 4.79 Å². The van der Waals surface area contributed by atoms with Crippen LogP contribution in [0.1, 0.15) is 50.5 Å². The quantitative estimate of drug-likeness (QED) is 0.181. The zero-order chi connectivity index (χ0) is 29.5. The molecule has 0 unspecified atom stereocenters. The fourth-order valence-electron chi connectivity index (χ4n) is 5.50. The average Bonchev–Trinajstić information content (AvgIpc) is 3.32. The summed E-state index contributed by atoms with van der Waals surface area (Å²) in [6.45, 7) is 3.64. The Morgan fingerprint density at radius 1 is 0.714 bits per heavy atom. The molecule has 42 heavy (non-hydrogen) atoms. The molecule has 0 amide bonds. The third-order valence-corrected chi connectivity index (χ3v) is 7.70. The Bertz CT molecular complexity index is 1510. The van der Waals surface area contributed by atoms with Gasteiger partial charge in [0.1, 0.15) is 6.61 Å². The molecule has 214 valence electrons. The minimum Gasteiger partial charge on any atom is -0.465 e. The summed E-state index contributed by atoms with van der Waals surface area (Å²) in [5.41, 5.74) is 7.45. The summed E-state index contributed by atoms with van der Waals surface area (Å²) in [5, 5.41) is 0. The highest BCUT2D eigenvalue weighted by atomic mass is 16.5. The van der Waals surface area contributed by atoms with Crippen molar-refractivity contribution < 1.29 is 28.6 Å². The monoisotopic (exact) mass is 562 g/mol. The van der Waals surface area contributed by atoms with Gasteiger partial charge in [0, 0.05) is 5.92 Å². The van der Waals surface area contributed by atoms with Crippen LogP contribution in [0.15, 0.2) is 97.1 Å². The van der Waals surface area contributed by atoms with Crippen molar-refractivity contribution in [2.45, 2.75) is 32.8 Å². The van der Waals surface area contributed by atoms with Gasteiger partial charge in [-0.2, -0.15) is 0 Å². The molecule has 6 nitrogen and oxygen atoms in total. The number of esters is 2. The summed E-state index contributed by atoms with van der Waals surface area (Å²) in [6, 6.07) is 31.3. The van der Waals surface area contributed by atoms with E-state index in [9.17, 15) is 14.4 Å². The summed E-state index contributed by atoms with van der Waals surface area (Å²) < 4.78 is 17.0. The van der Waals surface area contributed by atoms with Crippen molar-refractivity contribution in [3.8, 4) is 11.1 Å². The molecule has 0 aromatic heterocycles. The Morgan fingerprint density at radius 2 is 1.31 bits per heavy atom. The topological polar surface area (TPSA) is 78.9 Å². The molecule has 1 aliphatic rings. The van der Waals surface area contributed by atoms with Gasteiger partial charge in [-0.05, 0) is 52.8 Å². The van der Waals surface area contributed by atoms with Gasteiger partial charge in [0.15, 0.2) is 12.4 Å². The van der Waals surface area contributed by atoms with Gasteiger partial charge in [-0.1, -0.05) is 97.1 Å². The lowest BCUT2D eigenvalue weighted by Crippen LogP contribution is -2.29. The number of hydrogen-bond donors (Lipinski definition) is 0. The molecule has 0 aliphatic heterocycles. The molecule has 0 radical (unpaired) electrons. The van der Waals surface area contributed by atoms with Gasteiger partial charge in [0.05, 0.1) is 31.1 Å². The number of rotatable bonds is 12. The summed E-state index contributed by atoms with van der Waals surface area (Å²) in [4.78, 5) is 39.1. The lowest BCUT2D eigenvalue weighted by molar-refractivity contribution is -0.148. The summed E-state index contributed by atoms with van der Waals surface area (Å²) in [6.07, 6.45) is -0.176. The minimum absolute atomic E-state index is 0.00112. The van der Waals surface area contributed by atoms with E-state index < -0.39 is 30.2 Å². The van der Waals surface area contributed by atoms with E-state index in [1.807, 2.05) is 86.6 Å². The number of hydrogen-bond acceptors (Lipinski definition) is 6. The van der Waals surface area contributed by atoms with Crippen LogP contribution in [-0.2, 0) is 30.4 Å². The Kier molecular flexibility index (Phi) is 9.25. The average molecular weight is 563 g/mol. The standard InChI is InChI=1S/C36H34O6/c1-24-11-10-12-25(2)35(24)36(39)42-23-33(37)27(21-40-20-26-13-4-3-5-14-26)19-34(38)41-22-32-30-17-8-6-15-28(30)29-16-7-9-18-31(29)32/h3-18,27,32H,19-23H2,1-2H3/t27-/m0/s1. The number of benzene rings is 4. The summed E-state index contributed by atoms with van der Waals surface area (Å²) in [7, 11) is 0. The van der Waals surface area contributed by atoms with E-state index in [0.29, 0.717) is 5.56 Å². The van der Waals surface area contributed by atoms with E-state index in [1.54, 1.807) is 0 Å². The maximum Gasteiger partial charge on any atom is 0.339 e. The Morgan fingerprint density at radius 3 is 1.95 bits per heavy atom. The van der Waals surface area contributed by atoms with Crippen molar-refractivity contribution >= 4 is 17.7 Å². The largest absolute Gasteiger partial charge is 0.465 e. The second-order valence-electron chi connectivity index (χ2n) is 10.6. The molecular weight excluding hydrogens is 528 g/mol. The van der Waals surface area contributed by atoms with Crippen LogP contribution in [0.5, 0.6) is 0 Å². The first kappa shape index (κ1) is 29.0. The van der Waals surface area contributed by atoms with Crippen LogP contribution in [0, 0.1) is 19.8 Å². The molecule has 4 aromatic rings. The van der Waals surface area contributed by atoms with Crippen LogP contribution in [0.25, 0.3) is 11.1 Å². The third-order valence-electron chi connectivity index (χ3n) is 7.70. The SMILES string of the molecule is Cc1cccc(C)c1C(=O)OCC(=O)[C@H](COCc1ccccc1)CC(=O)OCC1c2ccccc2-c2ccccc21. The van der Waals surface area contributed by atoms with Crippen molar-refractivity contribution in [3.63, 3.8) is 0 Å². The molecule has 0 saturated heterocycles. The number of fused-ring (bicyclic) bond motifs is 3. The molecule has 1 aliphatic carbocycles.